The van der Waals surface area contributed by atoms with Crippen molar-refractivity contribution in [1.82, 2.24) is 10.3 Å². The van der Waals surface area contributed by atoms with Crippen molar-refractivity contribution < 1.29 is 4.74 Å². The van der Waals surface area contributed by atoms with Gasteiger partial charge in [0.2, 0.25) is 0 Å². The molecule has 0 radical (unpaired) electrons. The van der Waals surface area contributed by atoms with Gasteiger partial charge in [-0.1, -0.05) is 6.92 Å². The van der Waals surface area contributed by atoms with Crippen LogP contribution < -0.4 is 5.32 Å². The molecule has 0 aromatic carbocycles. The van der Waals surface area contributed by atoms with Gasteiger partial charge in [0.05, 0.1) is 12.7 Å². The predicted molar refractivity (Wildman–Crippen MR) is 78.2 cm³/mol. The first-order chi connectivity index (χ1) is 9.38. The molecule has 0 bridgehead atoms. The molecular formula is C16H26N2O. The van der Waals surface area contributed by atoms with E-state index in [0.717, 1.165) is 25.6 Å². The summed E-state index contributed by atoms with van der Waals surface area (Å²) in [6, 6.07) is 4.85. The van der Waals surface area contributed by atoms with Gasteiger partial charge in [-0.25, -0.2) is 0 Å². The van der Waals surface area contributed by atoms with Crippen LogP contribution in [0.5, 0.6) is 0 Å². The van der Waals surface area contributed by atoms with Crippen LogP contribution in [-0.2, 0) is 11.2 Å². The third-order valence-corrected chi connectivity index (χ3v) is 3.85. The smallest absolute Gasteiger partial charge is 0.0576 e. The van der Waals surface area contributed by atoms with Crippen LogP contribution in [0.4, 0.5) is 0 Å². The SMILES string of the molecule is CCCNC1CCC(OCCc2ccncc2)CC1. The molecule has 0 aliphatic heterocycles. The van der Waals surface area contributed by atoms with Crippen molar-refractivity contribution in [3.05, 3.63) is 30.1 Å². The van der Waals surface area contributed by atoms with Crippen LogP contribution in [0.2, 0.25) is 0 Å². The number of ether oxygens (including phenoxy) is 1. The Morgan fingerprint density at radius 1 is 1.21 bits per heavy atom. The maximum Gasteiger partial charge on any atom is 0.0576 e. The second-order valence-corrected chi connectivity index (χ2v) is 5.40. The molecule has 3 heteroatoms. The Bertz CT molecular complexity index is 334. The molecule has 2 rings (SSSR count). The largest absolute Gasteiger partial charge is 0.378 e. The maximum absolute atomic E-state index is 5.99. The summed E-state index contributed by atoms with van der Waals surface area (Å²) in [7, 11) is 0. The first-order valence-electron chi connectivity index (χ1n) is 7.62. The lowest BCUT2D eigenvalue weighted by Crippen LogP contribution is -2.35. The van der Waals surface area contributed by atoms with Gasteiger partial charge in [-0.15, -0.1) is 0 Å². The highest BCUT2D eigenvalue weighted by Gasteiger charge is 2.20. The average Bonchev–Trinajstić information content (AvgIpc) is 2.47. The lowest BCUT2D eigenvalue weighted by atomic mass is 9.93. The number of aromatic nitrogens is 1. The van der Waals surface area contributed by atoms with E-state index in [-0.39, 0.29) is 0 Å². The molecule has 1 aromatic rings. The van der Waals surface area contributed by atoms with Crippen molar-refractivity contribution in [2.45, 2.75) is 57.6 Å². The second kappa shape index (κ2) is 8.28. The van der Waals surface area contributed by atoms with Crippen LogP contribution in [0.25, 0.3) is 0 Å². The van der Waals surface area contributed by atoms with Crippen LogP contribution in [0.15, 0.2) is 24.5 Å². The third kappa shape index (κ3) is 5.29. The second-order valence-electron chi connectivity index (χ2n) is 5.40. The Morgan fingerprint density at radius 3 is 2.63 bits per heavy atom. The van der Waals surface area contributed by atoms with Gasteiger partial charge in [0, 0.05) is 18.4 Å². The zero-order valence-corrected chi connectivity index (χ0v) is 12.0. The summed E-state index contributed by atoms with van der Waals surface area (Å²) in [5.74, 6) is 0. The lowest BCUT2D eigenvalue weighted by molar-refractivity contribution is 0.0243. The fourth-order valence-corrected chi connectivity index (χ4v) is 2.67. The summed E-state index contributed by atoms with van der Waals surface area (Å²) in [5, 5.41) is 3.61. The standard InChI is InChI=1S/C16H26N2O/c1-2-10-18-15-3-5-16(6-4-15)19-13-9-14-7-11-17-12-8-14/h7-8,11-12,15-16,18H,2-6,9-10,13H2,1H3. The van der Waals surface area contributed by atoms with Crippen molar-refractivity contribution in [1.29, 1.82) is 0 Å². The average molecular weight is 262 g/mol. The molecule has 1 N–H and O–H groups in total. The van der Waals surface area contributed by atoms with E-state index in [1.54, 1.807) is 0 Å². The molecule has 0 saturated heterocycles. The highest BCUT2D eigenvalue weighted by Crippen LogP contribution is 2.21. The summed E-state index contributed by atoms with van der Waals surface area (Å²) in [6.07, 6.45) is 11.3. The highest BCUT2D eigenvalue weighted by atomic mass is 16.5. The summed E-state index contributed by atoms with van der Waals surface area (Å²) in [5.41, 5.74) is 1.31. The molecule has 1 aromatic heterocycles. The van der Waals surface area contributed by atoms with Gasteiger partial charge < -0.3 is 10.1 Å². The van der Waals surface area contributed by atoms with Crippen molar-refractivity contribution in [2.24, 2.45) is 0 Å². The molecule has 1 saturated carbocycles. The van der Waals surface area contributed by atoms with E-state index in [4.69, 9.17) is 4.74 Å². The minimum Gasteiger partial charge on any atom is -0.378 e. The van der Waals surface area contributed by atoms with E-state index in [2.05, 4.69) is 29.4 Å². The number of hydrogen-bond acceptors (Lipinski definition) is 3. The first-order valence-corrected chi connectivity index (χ1v) is 7.62. The molecule has 0 amide bonds. The van der Waals surface area contributed by atoms with E-state index in [0.29, 0.717) is 6.10 Å². The van der Waals surface area contributed by atoms with Crippen LogP contribution in [-0.4, -0.2) is 30.3 Å². The van der Waals surface area contributed by atoms with Crippen molar-refractivity contribution >= 4 is 0 Å². The Morgan fingerprint density at radius 2 is 1.95 bits per heavy atom. The molecular weight excluding hydrogens is 236 g/mol. The van der Waals surface area contributed by atoms with Gasteiger partial charge in [0.1, 0.15) is 0 Å². The molecule has 0 spiro atoms. The lowest BCUT2D eigenvalue weighted by Gasteiger charge is -2.29. The van der Waals surface area contributed by atoms with E-state index < -0.39 is 0 Å². The monoisotopic (exact) mass is 262 g/mol. The molecule has 19 heavy (non-hydrogen) atoms. The minimum absolute atomic E-state index is 0.474. The first kappa shape index (κ1) is 14.5. The van der Waals surface area contributed by atoms with Gasteiger partial charge >= 0.3 is 0 Å². The fourth-order valence-electron chi connectivity index (χ4n) is 2.67. The van der Waals surface area contributed by atoms with Crippen LogP contribution >= 0.6 is 0 Å². The summed E-state index contributed by atoms with van der Waals surface area (Å²) >= 11 is 0. The summed E-state index contributed by atoms with van der Waals surface area (Å²) in [6.45, 7) is 4.21. The molecule has 0 unspecified atom stereocenters. The molecule has 1 heterocycles. The molecule has 1 aliphatic carbocycles. The van der Waals surface area contributed by atoms with Crippen LogP contribution in [0.1, 0.15) is 44.6 Å². The number of nitrogens with one attached hydrogen (secondary N) is 1. The van der Waals surface area contributed by atoms with Crippen molar-refractivity contribution in [2.75, 3.05) is 13.2 Å². The number of nitrogens with zero attached hydrogens (tertiary/aromatic N) is 1. The fraction of sp³-hybridized carbons (Fsp3) is 0.688. The topological polar surface area (TPSA) is 34.1 Å². The van der Waals surface area contributed by atoms with E-state index in [1.807, 2.05) is 12.4 Å². The summed E-state index contributed by atoms with van der Waals surface area (Å²) < 4.78 is 5.99. The maximum atomic E-state index is 5.99. The minimum atomic E-state index is 0.474. The Labute approximate surface area is 116 Å². The Hall–Kier alpha value is -0.930. The zero-order chi connectivity index (χ0) is 13.3. The van der Waals surface area contributed by atoms with Gasteiger partial charge in [-0.3, -0.25) is 4.98 Å². The number of rotatable bonds is 7. The van der Waals surface area contributed by atoms with Crippen molar-refractivity contribution in [3.8, 4) is 0 Å². The van der Waals surface area contributed by atoms with Crippen LogP contribution in [0, 0.1) is 0 Å². The summed E-state index contributed by atoms with van der Waals surface area (Å²) in [4.78, 5) is 4.03. The Kier molecular flexibility index (Phi) is 6.31. The van der Waals surface area contributed by atoms with E-state index >= 15 is 0 Å². The van der Waals surface area contributed by atoms with Gasteiger partial charge in [0.25, 0.3) is 0 Å². The van der Waals surface area contributed by atoms with E-state index in [1.165, 1.54) is 37.7 Å². The third-order valence-electron chi connectivity index (χ3n) is 3.85. The molecule has 0 atom stereocenters. The predicted octanol–water partition coefficient (Wildman–Crippen LogP) is 2.95. The molecule has 1 aliphatic rings. The number of pyridine rings is 1. The molecule has 1 fully saturated rings. The Balaban J connectivity index is 1.58. The normalized spacial score (nSPS) is 23.4. The van der Waals surface area contributed by atoms with Crippen molar-refractivity contribution in [3.63, 3.8) is 0 Å². The highest BCUT2D eigenvalue weighted by molar-refractivity contribution is 5.09. The molecule has 3 nitrogen and oxygen atoms in total. The van der Waals surface area contributed by atoms with Gasteiger partial charge in [-0.2, -0.15) is 0 Å². The molecule has 106 valence electrons. The number of hydrogen-bond donors (Lipinski definition) is 1. The van der Waals surface area contributed by atoms with Crippen LogP contribution in [0.3, 0.4) is 0 Å². The zero-order valence-electron chi connectivity index (χ0n) is 12.0. The van der Waals surface area contributed by atoms with Gasteiger partial charge in [0.15, 0.2) is 0 Å². The quantitative estimate of drug-likeness (QED) is 0.820. The van der Waals surface area contributed by atoms with Gasteiger partial charge in [-0.05, 0) is 62.8 Å². The van der Waals surface area contributed by atoms with E-state index in [9.17, 15) is 0 Å².